The lowest BCUT2D eigenvalue weighted by Gasteiger charge is -2.39. The molecule has 1 atom stereocenters. The first-order valence-electron chi connectivity index (χ1n) is 10.5. The molecule has 0 bridgehead atoms. The second-order valence-corrected chi connectivity index (χ2v) is 9.04. The fourth-order valence-electron chi connectivity index (χ4n) is 5.28. The van der Waals surface area contributed by atoms with E-state index in [1.54, 1.807) is 6.33 Å². The highest BCUT2D eigenvalue weighted by Crippen LogP contribution is 2.56. The Labute approximate surface area is 164 Å². The summed E-state index contributed by atoms with van der Waals surface area (Å²) < 4.78 is 5.79. The Hall–Kier alpha value is -2.15. The van der Waals surface area contributed by atoms with Crippen LogP contribution >= 0.6 is 0 Å². The van der Waals surface area contributed by atoms with Crippen LogP contribution < -0.4 is 4.90 Å². The Morgan fingerprint density at radius 3 is 2.86 bits per heavy atom. The van der Waals surface area contributed by atoms with Gasteiger partial charge in [0.15, 0.2) is 0 Å². The number of piperidine rings is 1. The molecule has 2 aromatic heterocycles. The SMILES string of the molecule is O=C(OCC1(CO)CCCC1)[C@H]1CCN(c2ncnc3[nH]ccc23)CC12CC2. The van der Waals surface area contributed by atoms with Gasteiger partial charge in [-0.15, -0.1) is 0 Å². The van der Waals surface area contributed by atoms with Crippen molar-refractivity contribution in [2.45, 2.75) is 44.9 Å². The summed E-state index contributed by atoms with van der Waals surface area (Å²) in [7, 11) is 0. The van der Waals surface area contributed by atoms with Crippen LogP contribution in [0.3, 0.4) is 0 Å². The number of H-pyrrole nitrogens is 1. The maximum absolute atomic E-state index is 12.9. The van der Waals surface area contributed by atoms with E-state index >= 15 is 0 Å². The number of esters is 1. The Morgan fingerprint density at radius 1 is 1.29 bits per heavy atom. The summed E-state index contributed by atoms with van der Waals surface area (Å²) in [5.74, 6) is 0.852. The zero-order valence-corrected chi connectivity index (χ0v) is 16.2. The van der Waals surface area contributed by atoms with Crippen LogP contribution in [0.4, 0.5) is 5.82 Å². The Bertz CT molecular complexity index is 869. The third-order valence-electron chi connectivity index (χ3n) is 7.26. The average Bonchev–Trinajstić information content (AvgIpc) is 3.14. The van der Waals surface area contributed by atoms with Gasteiger partial charge in [0.1, 0.15) is 17.8 Å². The number of fused-ring (bicyclic) bond motifs is 1. The third-order valence-corrected chi connectivity index (χ3v) is 7.26. The normalized spacial score (nSPS) is 25.3. The molecule has 0 radical (unpaired) electrons. The van der Waals surface area contributed by atoms with Crippen molar-refractivity contribution >= 4 is 22.8 Å². The zero-order valence-electron chi connectivity index (χ0n) is 16.2. The van der Waals surface area contributed by atoms with E-state index in [9.17, 15) is 9.90 Å². The summed E-state index contributed by atoms with van der Waals surface area (Å²) in [4.78, 5) is 27.2. The van der Waals surface area contributed by atoms with E-state index < -0.39 is 0 Å². The lowest BCUT2D eigenvalue weighted by atomic mass is 9.82. The summed E-state index contributed by atoms with van der Waals surface area (Å²) in [6.45, 7) is 2.12. The zero-order chi connectivity index (χ0) is 19.2. The van der Waals surface area contributed by atoms with Gasteiger partial charge < -0.3 is 19.7 Å². The molecular formula is C21H28N4O3. The number of rotatable bonds is 5. The van der Waals surface area contributed by atoms with Crippen molar-refractivity contribution in [3.8, 4) is 0 Å². The number of ether oxygens (including phenoxy) is 1. The van der Waals surface area contributed by atoms with E-state index in [1.165, 1.54) is 0 Å². The van der Waals surface area contributed by atoms with Gasteiger partial charge in [-0.25, -0.2) is 9.97 Å². The van der Waals surface area contributed by atoms with Crippen LogP contribution in [0.5, 0.6) is 0 Å². The minimum Gasteiger partial charge on any atom is -0.465 e. The molecule has 1 saturated heterocycles. The standard InChI is InChI=1S/C21H28N4O3/c26-12-20(5-1-2-6-20)13-28-19(27)16-4-10-25(11-21(16)7-8-21)18-15-3-9-22-17(15)23-14-24-18/h3,9,14,16,26H,1-2,4-8,10-13H2,(H,22,23,24)/t16-/m1/s1. The molecule has 7 heteroatoms. The minimum atomic E-state index is -0.200. The van der Waals surface area contributed by atoms with Crippen LogP contribution in [0, 0.1) is 16.7 Å². The molecule has 3 aliphatic rings. The third kappa shape index (κ3) is 2.96. The van der Waals surface area contributed by atoms with E-state index in [0.29, 0.717) is 6.61 Å². The van der Waals surface area contributed by atoms with E-state index in [2.05, 4.69) is 19.9 Å². The average molecular weight is 384 g/mol. The van der Waals surface area contributed by atoms with Gasteiger partial charge in [0, 0.05) is 30.1 Å². The van der Waals surface area contributed by atoms with Gasteiger partial charge >= 0.3 is 5.97 Å². The first-order valence-corrected chi connectivity index (χ1v) is 10.5. The number of aromatic amines is 1. The van der Waals surface area contributed by atoms with Crippen LogP contribution in [0.1, 0.15) is 44.9 Å². The van der Waals surface area contributed by atoms with Crippen LogP contribution in [0.25, 0.3) is 11.0 Å². The van der Waals surface area contributed by atoms with E-state index in [1.807, 2.05) is 12.3 Å². The molecule has 3 heterocycles. The molecule has 3 fully saturated rings. The quantitative estimate of drug-likeness (QED) is 0.770. The summed E-state index contributed by atoms with van der Waals surface area (Å²) in [5.41, 5.74) is 0.668. The van der Waals surface area contributed by atoms with Gasteiger partial charge in [0.2, 0.25) is 0 Å². The highest BCUT2D eigenvalue weighted by atomic mass is 16.5. The first-order chi connectivity index (χ1) is 13.6. The van der Waals surface area contributed by atoms with Crippen LogP contribution in [-0.4, -0.2) is 52.3 Å². The molecule has 28 heavy (non-hydrogen) atoms. The molecule has 2 saturated carbocycles. The van der Waals surface area contributed by atoms with E-state index in [4.69, 9.17) is 4.74 Å². The lowest BCUT2D eigenvalue weighted by molar-refractivity contribution is -0.156. The Morgan fingerprint density at radius 2 is 2.11 bits per heavy atom. The number of aromatic nitrogens is 3. The molecule has 0 unspecified atom stereocenters. The van der Waals surface area contributed by atoms with Crippen molar-refractivity contribution in [2.75, 3.05) is 31.2 Å². The number of aliphatic hydroxyl groups excluding tert-OH is 1. The van der Waals surface area contributed by atoms with E-state index in [0.717, 1.165) is 74.9 Å². The van der Waals surface area contributed by atoms with Crippen LogP contribution in [0.15, 0.2) is 18.6 Å². The number of nitrogens with one attached hydrogen (secondary N) is 1. The molecule has 0 aromatic carbocycles. The predicted molar refractivity (Wildman–Crippen MR) is 105 cm³/mol. The van der Waals surface area contributed by atoms with Crippen molar-refractivity contribution in [2.24, 2.45) is 16.7 Å². The van der Waals surface area contributed by atoms with E-state index in [-0.39, 0.29) is 29.3 Å². The molecule has 7 nitrogen and oxygen atoms in total. The number of hydrogen-bond donors (Lipinski definition) is 2. The maximum atomic E-state index is 12.9. The summed E-state index contributed by atoms with van der Waals surface area (Å²) in [6.07, 6.45) is 10.6. The molecule has 1 aliphatic heterocycles. The first kappa shape index (κ1) is 17.9. The minimum absolute atomic E-state index is 0.0188. The number of nitrogens with zero attached hydrogens (tertiary/aromatic N) is 3. The van der Waals surface area contributed by atoms with Crippen molar-refractivity contribution in [3.05, 3.63) is 18.6 Å². The molecule has 150 valence electrons. The molecular weight excluding hydrogens is 356 g/mol. The molecule has 2 aliphatic carbocycles. The fourth-order valence-corrected chi connectivity index (χ4v) is 5.28. The molecule has 2 aromatic rings. The van der Waals surface area contributed by atoms with Gasteiger partial charge in [-0.1, -0.05) is 12.8 Å². The monoisotopic (exact) mass is 384 g/mol. The van der Waals surface area contributed by atoms with Crippen molar-refractivity contribution < 1.29 is 14.6 Å². The van der Waals surface area contributed by atoms with Crippen LogP contribution in [-0.2, 0) is 9.53 Å². The van der Waals surface area contributed by atoms with Crippen molar-refractivity contribution in [1.29, 1.82) is 0 Å². The van der Waals surface area contributed by atoms with Crippen molar-refractivity contribution in [3.63, 3.8) is 0 Å². The van der Waals surface area contributed by atoms with Gasteiger partial charge in [-0.2, -0.15) is 0 Å². The number of hydrogen-bond acceptors (Lipinski definition) is 6. The predicted octanol–water partition coefficient (Wildman–Crippen LogP) is 2.66. The second-order valence-electron chi connectivity index (χ2n) is 9.04. The molecule has 2 N–H and O–H groups in total. The maximum Gasteiger partial charge on any atom is 0.309 e. The highest BCUT2D eigenvalue weighted by molar-refractivity contribution is 5.87. The fraction of sp³-hybridized carbons (Fsp3) is 0.667. The largest absolute Gasteiger partial charge is 0.465 e. The lowest BCUT2D eigenvalue weighted by Crippen LogP contribution is -2.46. The number of carbonyl (C=O) groups excluding carboxylic acids is 1. The van der Waals surface area contributed by atoms with Gasteiger partial charge in [0.25, 0.3) is 0 Å². The van der Waals surface area contributed by atoms with Crippen molar-refractivity contribution in [1.82, 2.24) is 15.0 Å². The topological polar surface area (TPSA) is 91.3 Å². The summed E-state index contributed by atoms with van der Waals surface area (Å²) >= 11 is 0. The van der Waals surface area contributed by atoms with Gasteiger partial charge in [-0.05, 0) is 38.2 Å². The Kier molecular flexibility index (Phi) is 4.30. The smallest absolute Gasteiger partial charge is 0.309 e. The van der Waals surface area contributed by atoms with Gasteiger partial charge in [-0.3, -0.25) is 4.79 Å². The molecule has 0 amide bonds. The van der Waals surface area contributed by atoms with Crippen LogP contribution in [0.2, 0.25) is 0 Å². The number of anilines is 1. The molecule has 1 spiro atoms. The molecule has 5 rings (SSSR count). The number of aliphatic hydroxyl groups is 1. The highest BCUT2D eigenvalue weighted by Gasteiger charge is 2.56. The second kappa shape index (κ2) is 6.72. The number of carbonyl (C=O) groups is 1. The summed E-state index contributed by atoms with van der Waals surface area (Å²) in [5, 5.41) is 10.8. The Balaban J connectivity index is 1.28. The summed E-state index contributed by atoms with van der Waals surface area (Å²) in [6, 6.07) is 2.01. The van der Waals surface area contributed by atoms with Gasteiger partial charge in [0.05, 0.1) is 24.5 Å².